The Morgan fingerprint density at radius 1 is 1.15 bits per heavy atom. The largest absolute Gasteiger partial charge is 0.338 e. The molecule has 2 amide bonds. The second-order valence-electron chi connectivity index (χ2n) is 11.0. The molecule has 8 heteroatoms. The summed E-state index contributed by atoms with van der Waals surface area (Å²) in [5.74, 6) is 2.31. The van der Waals surface area contributed by atoms with Gasteiger partial charge in [-0.1, -0.05) is 24.3 Å². The molecule has 3 aliphatic rings. The highest BCUT2D eigenvalue weighted by Crippen LogP contribution is 2.36. The normalized spacial score (nSPS) is 20.6. The van der Waals surface area contributed by atoms with Gasteiger partial charge in [0.25, 0.3) is 0 Å². The van der Waals surface area contributed by atoms with Crippen molar-refractivity contribution in [3.05, 3.63) is 83.7 Å². The van der Waals surface area contributed by atoms with Gasteiger partial charge in [-0.15, -0.1) is 12.3 Å². The summed E-state index contributed by atoms with van der Waals surface area (Å²) >= 11 is 0. The number of aromatic amines is 1. The Morgan fingerprint density at radius 3 is 2.73 bits per heavy atom. The van der Waals surface area contributed by atoms with E-state index >= 15 is 0 Å². The fourth-order valence-electron chi connectivity index (χ4n) is 6.03. The van der Waals surface area contributed by atoms with Crippen LogP contribution in [0.2, 0.25) is 0 Å². The van der Waals surface area contributed by atoms with Crippen molar-refractivity contribution in [3.8, 4) is 23.6 Å². The first-order chi connectivity index (χ1) is 19.9. The molecular formula is C33H32FN5O2. The number of anilines is 1. The zero-order chi connectivity index (χ0) is 28.4. The average molecular weight is 550 g/mol. The van der Waals surface area contributed by atoms with Gasteiger partial charge in [0, 0.05) is 42.7 Å². The molecule has 6 rings (SSSR count). The molecule has 1 atom stereocenters. The number of H-pyrrole nitrogens is 1. The van der Waals surface area contributed by atoms with Gasteiger partial charge in [0.2, 0.25) is 11.8 Å². The summed E-state index contributed by atoms with van der Waals surface area (Å²) in [5, 5.41) is 11.3. The van der Waals surface area contributed by atoms with E-state index < -0.39 is 5.41 Å². The standard InChI is InChI=1S/C33H32FN5O2/c1-2-15-33(16-19-38(22-33)21-30(40)39-17-13-24(14-18-39)23-5-3-4-6-23)32(41)35-27-11-12-29-28(20-27)31(37-36-29)25-7-9-26(34)10-8-25/h1,3,5-13,20H,4,14-19,21-22H2,(H,35,41)(H,36,37). The molecule has 1 fully saturated rings. The number of carbonyl (C=O) groups excluding carboxylic acids is 2. The number of amides is 2. The van der Waals surface area contributed by atoms with E-state index in [-0.39, 0.29) is 30.6 Å². The van der Waals surface area contributed by atoms with Crippen molar-refractivity contribution in [2.75, 3.05) is 38.0 Å². The number of nitrogens with zero attached hydrogens (tertiary/aromatic N) is 3. The second kappa shape index (κ2) is 11.2. The van der Waals surface area contributed by atoms with Crippen molar-refractivity contribution in [1.82, 2.24) is 20.0 Å². The lowest BCUT2D eigenvalue weighted by Crippen LogP contribution is -2.44. The maximum atomic E-state index is 13.7. The van der Waals surface area contributed by atoms with Crippen LogP contribution in [-0.4, -0.2) is 64.5 Å². The molecule has 0 bridgehead atoms. The fourth-order valence-corrected chi connectivity index (χ4v) is 6.03. The third-order valence-electron chi connectivity index (χ3n) is 8.36. The third kappa shape index (κ3) is 5.46. The van der Waals surface area contributed by atoms with Crippen LogP contribution in [0.5, 0.6) is 0 Å². The van der Waals surface area contributed by atoms with Gasteiger partial charge in [-0.3, -0.25) is 19.6 Å². The monoisotopic (exact) mass is 549 g/mol. The van der Waals surface area contributed by atoms with Crippen molar-refractivity contribution in [2.45, 2.75) is 25.7 Å². The Hall–Kier alpha value is -4.48. The van der Waals surface area contributed by atoms with Gasteiger partial charge in [0.05, 0.1) is 23.2 Å². The van der Waals surface area contributed by atoms with E-state index in [2.05, 4.69) is 45.7 Å². The maximum Gasteiger partial charge on any atom is 0.237 e. The summed E-state index contributed by atoms with van der Waals surface area (Å²) in [4.78, 5) is 30.8. The van der Waals surface area contributed by atoms with Gasteiger partial charge in [-0.25, -0.2) is 4.39 Å². The van der Waals surface area contributed by atoms with Crippen LogP contribution in [0.3, 0.4) is 0 Å². The van der Waals surface area contributed by atoms with Crippen LogP contribution in [0, 0.1) is 23.6 Å². The molecule has 41 heavy (non-hydrogen) atoms. The molecule has 2 aromatic carbocycles. The lowest BCUT2D eigenvalue weighted by Gasteiger charge is -2.30. The number of allylic oxidation sites excluding steroid dienone is 4. The molecular weight excluding hydrogens is 517 g/mol. The van der Waals surface area contributed by atoms with Crippen molar-refractivity contribution in [1.29, 1.82) is 0 Å². The molecule has 2 aliphatic heterocycles. The smallest absolute Gasteiger partial charge is 0.237 e. The number of nitrogens with one attached hydrogen (secondary N) is 2. The molecule has 0 radical (unpaired) electrons. The molecule has 3 heterocycles. The van der Waals surface area contributed by atoms with E-state index in [1.54, 1.807) is 12.1 Å². The van der Waals surface area contributed by atoms with Crippen LogP contribution in [0.25, 0.3) is 22.2 Å². The van der Waals surface area contributed by atoms with E-state index in [0.717, 1.165) is 29.3 Å². The Labute approximate surface area is 238 Å². The zero-order valence-electron chi connectivity index (χ0n) is 22.8. The molecule has 1 aromatic heterocycles. The zero-order valence-corrected chi connectivity index (χ0v) is 22.8. The molecule has 1 aliphatic carbocycles. The first-order valence-corrected chi connectivity index (χ1v) is 14.0. The summed E-state index contributed by atoms with van der Waals surface area (Å²) in [6.07, 6.45) is 17.1. The van der Waals surface area contributed by atoms with Gasteiger partial charge in [-0.05, 0) is 79.4 Å². The SMILES string of the molecule is C#CCC1(C(=O)Nc2ccc3[nH]nc(-c4ccc(F)cc4)c3c2)CCN(CC(=O)N2CC=C(C3=CCC=C3)CC2)C1. The summed E-state index contributed by atoms with van der Waals surface area (Å²) in [6, 6.07) is 11.7. The number of fused-ring (bicyclic) bond motifs is 1. The van der Waals surface area contributed by atoms with Crippen LogP contribution in [-0.2, 0) is 9.59 Å². The van der Waals surface area contributed by atoms with Gasteiger partial charge < -0.3 is 10.2 Å². The Bertz CT molecular complexity index is 1630. The first-order valence-electron chi connectivity index (χ1n) is 14.0. The first kappa shape index (κ1) is 26.7. The number of halogens is 1. The van der Waals surface area contributed by atoms with Gasteiger partial charge in [-0.2, -0.15) is 5.10 Å². The molecule has 2 N–H and O–H groups in total. The number of rotatable bonds is 7. The van der Waals surface area contributed by atoms with E-state index in [4.69, 9.17) is 6.42 Å². The summed E-state index contributed by atoms with van der Waals surface area (Å²) < 4.78 is 13.4. The topological polar surface area (TPSA) is 81.3 Å². The van der Waals surface area contributed by atoms with Crippen molar-refractivity contribution in [3.63, 3.8) is 0 Å². The van der Waals surface area contributed by atoms with E-state index in [0.29, 0.717) is 44.0 Å². The number of terminal acetylenes is 1. The molecule has 0 saturated carbocycles. The minimum absolute atomic E-state index is 0.0758. The number of benzene rings is 2. The van der Waals surface area contributed by atoms with Crippen LogP contribution in [0.1, 0.15) is 25.7 Å². The highest BCUT2D eigenvalue weighted by atomic mass is 19.1. The highest BCUT2D eigenvalue weighted by molar-refractivity contribution is 6.00. The summed E-state index contributed by atoms with van der Waals surface area (Å²) in [7, 11) is 0. The number of carbonyl (C=O) groups is 2. The molecule has 0 spiro atoms. The molecule has 1 unspecified atom stereocenters. The van der Waals surface area contributed by atoms with E-state index in [9.17, 15) is 14.0 Å². The van der Waals surface area contributed by atoms with Gasteiger partial charge in [0.15, 0.2) is 0 Å². The van der Waals surface area contributed by atoms with E-state index in [1.807, 2.05) is 28.0 Å². The predicted molar refractivity (Wildman–Crippen MR) is 158 cm³/mol. The second-order valence-corrected chi connectivity index (χ2v) is 11.0. The van der Waals surface area contributed by atoms with Crippen molar-refractivity contribution in [2.24, 2.45) is 5.41 Å². The maximum absolute atomic E-state index is 13.7. The van der Waals surface area contributed by atoms with Crippen LogP contribution < -0.4 is 5.32 Å². The third-order valence-corrected chi connectivity index (χ3v) is 8.36. The Morgan fingerprint density at radius 2 is 2.00 bits per heavy atom. The summed E-state index contributed by atoms with van der Waals surface area (Å²) in [6.45, 7) is 2.64. The number of hydrogen-bond acceptors (Lipinski definition) is 4. The lowest BCUT2D eigenvalue weighted by molar-refractivity contribution is -0.132. The number of aromatic nitrogens is 2. The minimum atomic E-state index is -0.781. The van der Waals surface area contributed by atoms with E-state index in [1.165, 1.54) is 23.3 Å². The lowest BCUT2D eigenvalue weighted by atomic mass is 9.82. The molecule has 1 saturated heterocycles. The van der Waals surface area contributed by atoms with Crippen LogP contribution in [0.4, 0.5) is 10.1 Å². The minimum Gasteiger partial charge on any atom is -0.338 e. The quantitative estimate of drug-likeness (QED) is 0.404. The fraction of sp³-hybridized carbons (Fsp3) is 0.303. The predicted octanol–water partition coefficient (Wildman–Crippen LogP) is 5.07. The van der Waals surface area contributed by atoms with Crippen molar-refractivity contribution >= 4 is 28.4 Å². The highest BCUT2D eigenvalue weighted by Gasteiger charge is 2.44. The van der Waals surface area contributed by atoms with Crippen LogP contribution in [0.15, 0.2) is 77.9 Å². The van der Waals surface area contributed by atoms with Crippen molar-refractivity contribution < 1.29 is 14.0 Å². The van der Waals surface area contributed by atoms with Gasteiger partial charge in [0.1, 0.15) is 5.82 Å². The van der Waals surface area contributed by atoms with Gasteiger partial charge >= 0.3 is 0 Å². The molecule has 7 nitrogen and oxygen atoms in total. The van der Waals surface area contributed by atoms with Crippen LogP contribution >= 0.6 is 0 Å². The average Bonchev–Trinajstić information content (AvgIpc) is 3.75. The Kier molecular flexibility index (Phi) is 7.29. The Balaban J connectivity index is 1.12. The number of likely N-dealkylation sites (tertiary alicyclic amines) is 1. The summed E-state index contributed by atoms with van der Waals surface area (Å²) in [5.41, 5.74) is 4.69. The molecule has 208 valence electrons. The number of hydrogen-bond donors (Lipinski definition) is 2. The molecule has 3 aromatic rings.